The highest BCUT2D eigenvalue weighted by molar-refractivity contribution is 9.09. The number of hydrogen-bond donors (Lipinski definition) is 1. The third-order valence-corrected chi connectivity index (χ3v) is 3.22. The van der Waals surface area contributed by atoms with Crippen LogP contribution in [-0.4, -0.2) is 17.3 Å². The lowest BCUT2D eigenvalue weighted by Gasteiger charge is -2.13. The van der Waals surface area contributed by atoms with E-state index in [1.165, 1.54) is 5.56 Å². The lowest BCUT2D eigenvalue weighted by atomic mass is 10.1. The van der Waals surface area contributed by atoms with Crippen molar-refractivity contribution in [1.82, 2.24) is 5.32 Å². The Labute approximate surface area is 112 Å². The second kappa shape index (κ2) is 6.80. The summed E-state index contributed by atoms with van der Waals surface area (Å²) < 4.78 is 0. The van der Waals surface area contributed by atoms with E-state index in [2.05, 4.69) is 35.1 Å². The van der Waals surface area contributed by atoms with Gasteiger partial charge in [0.05, 0.1) is 0 Å². The summed E-state index contributed by atoms with van der Waals surface area (Å²) in [7, 11) is 0. The van der Waals surface area contributed by atoms with Gasteiger partial charge < -0.3 is 5.32 Å². The third kappa shape index (κ3) is 5.35. The summed E-state index contributed by atoms with van der Waals surface area (Å²) in [4.78, 5) is 12.2. The molecule has 0 aromatic heterocycles. The average Bonchev–Trinajstić information content (AvgIpc) is 2.26. The van der Waals surface area contributed by atoms with Gasteiger partial charge in [0, 0.05) is 16.9 Å². The van der Waals surface area contributed by atoms with Crippen molar-refractivity contribution in [2.45, 2.75) is 32.0 Å². The first kappa shape index (κ1) is 14.2. The van der Waals surface area contributed by atoms with Gasteiger partial charge in [-0.1, -0.05) is 47.5 Å². The highest BCUT2D eigenvalue weighted by Gasteiger charge is 2.10. The highest BCUT2D eigenvalue weighted by Crippen LogP contribution is 2.12. The zero-order chi connectivity index (χ0) is 12.8. The molecular weight excluding hydrogens is 278 g/mol. The van der Waals surface area contributed by atoms with Crippen LogP contribution in [0.2, 0.25) is 0 Å². The molecule has 0 fully saturated rings. The Hall–Kier alpha value is -0.830. The summed E-state index contributed by atoms with van der Waals surface area (Å²) in [6.45, 7) is 7.04. The molecule has 1 aromatic rings. The molecule has 0 saturated heterocycles. The van der Waals surface area contributed by atoms with Gasteiger partial charge in [-0.15, -0.1) is 0 Å². The van der Waals surface area contributed by atoms with Gasteiger partial charge in [-0.3, -0.25) is 4.79 Å². The van der Waals surface area contributed by atoms with Crippen LogP contribution in [-0.2, 0) is 0 Å². The second-order valence-corrected chi connectivity index (χ2v) is 6.10. The largest absolute Gasteiger partial charge is 0.351 e. The van der Waals surface area contributed by atoms with Gasteiger partial charge in [-0.05, 0) is 31.4 Å². The Bertz CT molecular complexity index is 359. The number of benzene rings is 1. The number of halogens is 1. The fourth-order valence-corrected chi connectivity index (χ4v) is 2.51. The first-order valence-corrected chi connectivity index (χ1v) is 6.89. The first-order valence-electron chi connectivity index (χ1n) is 5.98. The molecule has 1 amide bonds. The predicted octanol–water partition coefficient (Wildman–Crippen LogP) is 3.53. The Morgan fingerprint density at radius 3 is 2.41 bits per heavy atom. The monoisotopic (exact) mass is 297 g/mol. The molecule has 0 aliphatic carbocycles. The number of amides is 1. The topological polar surface area (TPSA) is 29.1 Å². The van der Waals surface area contributed by atoms with Crippen LogP contribution >= 0.6 is 15.9 Å². The van der Waals surface area contributed by atoms with Crippen LogP contribution in [0.3, 0.4) is 0 Å². The normalized spacial score (nSPS) is 12.5. The van der Waals surface area contributed by atoms with Gasteiger partial charge in [0.15, 0.2) is 0 Å². The molecule has 0 aliphatic heterocycles. The third-order valence-electron chi connectivity index (χ3n) is 2.53. The molecule has 1 unspecified atom stereocenters. The van der Waals surface area contributed by atoms with Crippen LogP contribution in [0.1, 0.15) is 36.2 Å². The van der Waals surface area contributed by atoms with E-state index >= 15 is 0 Å². The molecule has 17 heavy (non-hydrogen) atoms. The van der Waals surface area contributed by atoms with Gasteiger partial charge in [-0.25, -0.2) is 0 Å². The van der Waals surface area contributed by atoms with E-state index in [-0.39, 0.29) is 5.91 Å². The Morgan fingerprint density at radius 1 is 1.29 bits per heavy atom. The van der Waals surface area contributed by atoms with E-state index in [0.717, 1.165) is 12.0 Å². The lowest BCUT2D eigenvalue weighted by Crippen LogP contribution is -2.30. The quantitative estimate of drug-likeness (QED) is 0.828. The van der Waals surface area contributed by atoms with E-state index < -0.39 is 0 Å². The standard InChI is InChI=1S/C14H20BrNO/c1-10(2)8-13(15)9-16-14(17)12-6-4-11(3)5-7-12/h4-7,10,13H,8-9H2,1-3H3,(H,16,17). The number of alkyl halides is 1. The second-order valence-electron chi connectivity index (χ2n) is 4.80. The SMILES string of the molecule is Cc1ccc(C(=O)NCC(Br)CC(C)C)cc1. The zero-order valence-electron chi connectivity index (χ0n) is 10.7. The van der Waals surface area contributed by atoms with E-state index in [1.807, 2.05) is 31.2 Å². The van der Waals surface area contributed by atoms with Gasteiger partial charge in [-0.2, -0.15) is 0 Å². The number of hydrogen-bond acceptors (Lipinski definition) is 1. The zero-order valence-corrected chi connectivity index (χ0v) is 12.3. The number of nitrogens with one attached hydrogen (secondary N) is 1. The summed E-state index contributed by atoms with van der Waals surface area (Å²) in [5, 5.41) is 2.94. The molecule has 0 heterocycles. The van der Waals surface area contributed by atoms with Gasteiger partial charge in [0.2, 0.25) is 0 Å². The van der Waals surface area contributed by atoms with Crippen LogP contribution in [0.5, 0.6) is 0 Å². The van der Waals surface area contributed by atoms with Crippen molar-refractivity contribution in [2.75, 3.05) is 6.54 Å². The first-order chi connectivity index (χ1) is 7.99. The average molecular weight is 298 g/mol. The number of rotatable bonds is 5. The van der Waals surface area contributed by atoms with Crippen molar-refractivity contribution in [2.24, 2.45) is 5.92 Å². The fraction of sp³-hybridized carbons (Fsp3) is 0.500. The van der Waals surface area contributed by atoms with Crippen LogP contribution in [0, 0.1) is 12.8 Å². The van der Waals surface area contributed by atoms with Gasteiger partial charge in [0.1, 0.15) is 0 Å². The minimum atomic E-state index is -0.00166. The number of aryl methyl sites for hydroxylation is 1. The maximum Gasteiger partial charge on any atom is 0.251 e. The highest BCUT2D eigenvalue weighted by atomic mass is 79.9. The van der Waals surface area contributed by atoms with Crippen LogP contribution in [0.4, 0.5) is 0 Å². The number of carbonyl (C=O) groups is 1. The summed E-state index contributed by atoms with van der Waals surface area (Å²) in [5.41, 5.74) is 1.89. The van der Waals surface area contributed by atoms with Crippen molar-refractivity contribution in [3.05, 3.63) is 35.4 Å². The minimum absolute atomic E-state index is 0.00166. The van der Waals surface area contributed by atoms with Crippen molar-refractivity contribution in [1.29, 1.82) is 0 Å². The molecule has 1 N–H and O–H groups in total. The molecule has 1 atom stereocenters. The molecule has 1 aromatic carbocycles. The molecule has 3 heteroatoms. The minimum Gasteiger partial charge on any atom is -0.351 e. The van der Waals surface area contributed by atoms with E-state index in [0.29, 0.717) is 17.3 Å². The van der Waals surface area contributed by atoms with Crippen LogP contribution in [0.15, 0.2) is 24.3 Å². The Balaban J connectivity index is 2.42. The van der Waals surface area contributed by atoms with Gasteiger partial charge in [0.25, 0.3) is 5.91 Å². The van der Waals surface area contributed by atoms with Crippen molar-refractivity contribution in [3.8, 4) is 0 Å². The van der Waals surface area contributed by atoms with Crippen LogP contribution < -0.4 is 5.32 Å². The maximum atomic E-state index is 11.8. The number of carbonyl (C=O) groups excluding carboxylic acids is 1. The van der Waals surface area contributed by atoms with Crippen molar-refractivity contribution >= 4 is 21.8 Å². The maximum absolute atomic E-state index is 11.8. The molecule has 0 bridgehead atoms. The van der Waals surface area contributed by atoms with E-state index in [1.54, 1.807) is 0 Å². The lowest BCUT2D eigenvalue weighted by molar-refractivity contribution is 0.0953. The fourth-order valence-electron chi connectivity index (χ4n) is 1.61. The molecule has 0 aliphatic rings. The molecule has 0 spiro atoms. The Morgan fingerprint density at radius 2 is 1.88 bits per heavy atom. The summed E-state index contributed by atoms with van der Waals surface area (Å²) in [5.74, 6) is 0.633. The van der Waals surface area contributed by atoms with Crippen molar-refractivity contribution in [3.63, 3.8) is 0 Å². The van der Waals surface area contributed by atoms with Gasteiger partial charge >= 0.3 is 0 Å². The molecule has 94 valence electrons. The Kier molecular flexibility index (Phi) is 5.69. The molecule has 0 radical (unpaired) electrons. The molecular formula is C14H20BrNO. The van der Waals surface area contributed by atoms with E-state index in [4.69, 9.17) is 0 Å². The molecule has 0 saturated carbocycles. The van der Waals surface area contributed by atoms with Crippen molar-refractivity contribution < 1.29 is 4.79 Å². The summed E-state index contributed by atoms with van der Waals surface area (Å²) in [6.07, 6.45) is 1.06. The predicted molar refractivity (Wildman–Crippen MR) is 75.7 cm³/mol. The summed E-state index contributed by atoms with van der Waals surface area (Å²) >= 11 is 3.58. The smallest absolute Gasteiger partial charge is 0.251 e. The van der Waals surface area contributed by atoms with E-state index in [9.17, 15) is 4.79 Å². The van der Waals surface area contributed by atoms with Crippen LogP contribution in [0.25, 0.3) is 0 Å². The molecule has 2 nitrogen and oxygen atoms in total. The molecule has 1 rings (SSSR count). The summed E-state index contributed by atoms with van der Waals surface area (Å²) in [6, 6.07) is 7.62.